The predicted octanol–water partition coefficient (Wildman–Crippen LogP) is -4.05. The van der Waals surface area contributed by atoms with Crippen LogP contribution in [0.5, 0.6) is 0 Å². The summed E-state index contributed by atoms with van der Waals surface area (Å²) in [4.78, 5) is 0. The normalized spacial score (nSPS) is 37.3. The third kappa shape index (κ3) is 4.91. The van der Waals surface area contributed by atoms with E-state index in [2.05, 4.69) is 33.9 Å². The van der Waals surface area contributed by atoms with Crippen LogP contribution < -0.4 is 0 Å². The van der Waals surface area contributed by atoms with Crippen LogP contribution >= 0.6 is 0 Å². The van der Waals surface area contributed by atoms with Crippen LogP contribution in [0.3, 0.4) is 0 Å². The number of aliphatic hydroxyl groups excluding tert-OH is 8. The third-order valence-corrected chi connectivity index (χ3v) is 6.10. The first-order valence-electron chi connectivity index (χ1n) is 10.9. The maximum absolute atomic E-state index is 10.2. The number of fused-ring (bicyclic) bond motifs is 1. The van der Waals surface area contributed by atoms with Crippen LogP contribution in [0, 0.1) is 23.7 Å². The van der Waals surface area contributed by atoms with Gasteiger partial charge in [0.2, 0.25) is 0 Å². The Morgan fingerprint density at radius 2 is 1.20 bits per heavy atom. The molecule has 2 aromatic rings. The van der Waals surface area contributed by atoms with E-state index in [-0.39, 0.29) is 0 Å². The molecule has 0 unspecified atom stereocenters. The Morgan fingerprint density at radius 1 is 0.714 bits per heavy atom. The summed E-state index contributed by atoms with van der Waals surface area (Å²) in [6.07, 6.45) is -11.9. The van der Waals surface area contributed by atoms with E-state index in [1.54, 1.807) is 12.1 Å². The van der Waals surface area contributed by atoms with Gasteiger partial charge < -0.3 is 50.3 Å². The van der Waals surface area contributed by atoms with E-state index in [4.69, 9.17) is 9.47 Å². The van der Waals surface area contributed by atoms with Crippen LogP contribution in [-0.4, -0.2) is 125 Å². The fraction of sp³-hybridized carbons (Fsp3) is 0.522. The van der Waals surface area contributed by atoms with Gasteiger partial charge in [-0.25, -0.2) is 0 Å². The lowest BCUT2D eigenvalue weighted by molar-refractivity contribution is -0.214. The van der Waals surface area contributed by atoms with Gasteiger partial charge in [-0.15, -0.1) is 0 Å². The minimum atomic E-state index is -1.53. The van der Waals surface area contributed by atoms with Crippen molar-refractivity contribution in [1.29, 1.82) is 0 Å². The molecule has 2 saturated heterocycles. The molecule has 0 bridgehead atoms. The summed E-state index contributed by atoms with van der Waals surface area (Å²) in [5.41, 5.74) is 1.46. The number of aliphatic hydroxyl groups is 8. The number of aromatic amines is 1. The maximum atomic E-state index is 10.2. The molecule has 12 nitrogen and oxygen atoms in total. The molecule has 0 radical (unpaired) electrons. The number of hydrogen-bond acceptors (Lipinski definition) is 11. The fourth-order valence-corrected chi connectivity index (χ4v) is 3.99. The van der Waals surface area contributed by atoms with Crippen LogP contribution in [0.15, 0.2) is 18.3 Å². The Morgan fingerprint density at radius 3 is 1.71 bits per heavy atom. The highest BCUT2D eigenvalue weighted by atomic mass is 16.5. The molecule has 9 N–H and O–H groups in total. The Bertz CT molecular complexity index is 1070. The molecule has 2 aliphatic heterocycles. The van der Waals surface area contributed by atoms with E-state index < -0.39 is 74.3 Å². The summed E-state index contributed by atoms with van der Waals surface area (Å²) < 4.78 is 10.8. The van der Waals surface area contributed by atoms with Gasteiger partial charge in [-0.2, -0.15) is 5.10 Å². The summed E-state index contributed by atoms with van der Waals surface area (Å²) in [5.74, 6) is 11.1. The molecule has 2 fully saturated rings. The smallest absolute Gasteiger partial charge is 0.147 e. The van der Waals surface area contributed by atoms with Gasteiger partial charge in [0.1, 0.15) is 61.0 Å². The first kappa shape index (κ1) is 25.5. The zero-order chi connectivity index (χ0) is 25.3. The highest BCUT2D eigenvalue weighted by Crippen LogP contribution is 2.24. The number of hydrogen-bond donors (Lipinski definition) is 9. The van der Waals surface area contributed by atoms with Gasteiger partial charge in [-0.05, 0) is 12.1 Å². The molecular weight excluding hydrogens is 464 g/mol. The average molecular weight is 490 g/mol. The van der Waals surface area contributed by atoms with Gasteiger partial charge in [0.25, 0.3) is 0 Å². The lowest BCUT2D eigenvalue weighted by atomic mass is 9.95. The molecule has 4 rings (SSSR count). The van der Waals surface area contributed by atoms with Crippen molar-refractivity contribution < 1.29 is 50.3 Å². The van der Waals surface area contributed by atoms with Crippen LogP contribution in [0.4, 0.5) is 0 Å². The maximum Gasteiger partial charge on any atom is 0.147 e. The molecule has 10 atom stereocenters. The highest BCUT2D eigenvalue weighted by molar-refractivity contribution is 5.89. The summed E-state index contributed by atoms with van der Waals surface area (Å²) in [5, 5.41) is 86.0. The minimum Gasteiger partial charge on any atom is -0.394 e. The SMILES string of the molecule is OC[C@H]1O[C@H](C#Cc2ccc(C#C[C@H]3O[C@H](CO)[C@@H](O)[C@H](O)[C@@H]3O)c3cn[nH]c23)[C@H](O)[C@@H](O)[C@@H]1O. The van der Waals surface area contributed by atoms with Crippen molar-refractivity contribution in [3.05, 3.63) is 29.5 Å². The second-order valence-electron chi connectivity index (χ2n) is 8.36. The van der Waals surface area contributed by atoms with E-state index in [0.29, 0.717) is 22.0 Å². The molecule has 0 spiro atoms. The van der Waals surface area contributed by atoms with Crippen molar-refractivity contribution in [2.75, 3.05) is 13.2 Å². The molecule has 1 aromatic heterocycles. The highest BCUT2D eigenvalue weighted by Gasteiger charge is 2.43. The summed E-state index contributed by atoms with van der Waals surface area (Å²) in [6, 6.07) is 3.25. The molecular formula is C23H26N2O10. The summed E-state index contributed by atoms with van der Waals surface area (Å²) in [6.45, 7) is -1.12. The topological polar surface area (TPSA) is 209 Å². The molecule has 0 amide bonds. The number of aromatic nitrogens is 2. The van der Waals surface area contributed by atoms with Gasteiger partial charge in [0, 0.05) is 10.9 Å². The van der Waals surface area contributed by atoms with E-state index in [0.717, 1.165) is 0 Å². The van der Waals surface area contributed by atoms with E-state index in [9.17, 15) is 40.9 Å². The van der Waals surface area contributed by atoms with Crippen molar-refractivity contribution in [3.8, 4) is 23.7 Å². The van der Waals surface area contributed by atoms with Crippen molar-refractivity contribution >= 4 is 10.9 Å². The quantitative estimate of drug-likeness (QED) is 0.185. The zero-order valence-electron chi connectivity index (χ0n) is 18.3. The average Bonchev–Trinajstić information content (AvgIpc) is 3.36. The van der Waals surface area contributed by atoms with E-state index in [1.165, 1.54) is 6.20 Å². The van der Waals surface area contributed by atoms with Gasteiger partial charge in [-0.1, -0.05) is 23.7 Å². The van der Waals surface area contributed by atoms with Crippen LogP contribution in [0.25, 0.3) is 10.9 Å². The number of nitrogens with zero attached hydrogens (tertiary/aromatic N) is 1. The Hall–Kier alpha value is -2.59. The van der Waals surface area contributed by atoms with E-state index in [1.807, 2.05) is 0 Å². The molecule has 0 aliphatic carbocycles. The lowest BCUT2D eigenvalue weighted by Crippen LogP contribution is -2.58. The lowest BCUT2D eigenvalue weighted by Gasteiger charge is -2.37. The van der Waals surface area contributed by atoms with Crippen molar-refractivity contribution in [1.82, 2.24) is 10.2 Å². The first-order valence-corrected chi connectivity index (χ1v) is 10.9. The third-order valence-electron chi connectivity index (χ3n) is 6.10. The predicted molar refractivity (Wildman–Crippen MR) is 117 cm³/mol. The summed E-state index contributed by atoms with van der Waals surface area (Å²) >= 11 is 0. The Kier molecular flexibility index (Phi) is 7.70. The van der Waals surface area contributed by atoms with Crippen molar-refractivity contribution in [3.63, 3.8) is 0 Å². The number of benzene rings is 1. The minimum absolute atomic E-state index is 0.466. The van der Waals surface area contributed by atoms with Crippen LogP contribution in [0.1, 0.15) is 11.1 Å². The van der Waals surface area contributed by atoms with Crippen LogP contribution in [0.2, 0.25) is 0 Å². The monoisotopic (exact) mass is 490 g/mol. The second kappa shape index (κ2) is 10.6. The molecule has 0 saturated carbocycles. The van der Waals surface area contributed by atoms with Crippen LogP contribution in [-0.2, 0) is 9.47 Å². The zero-order valence-corrected chi connectivity index (χ0v) is 18.3. The molecule has 12 heteroatoms. The van der Waals surface area contributed by atoms with Gasteiger partial charge in [0.05, 0.1) is 30.5 Å². The Labute approximate surface area is 199 Å². The van der Waals surface area contributed by atoms with Gasteiger partial charge in [0.15, 0.2) is 0 Å². The standard InChI is InChI=1S/C23H26N2O10/c26-8-15-20(30)22(32)18(28)13(34-15)5-3-10-1-2-11(17-12(10)7-24-25-17)4-6-14-19(29)23(33)21(31)16(9-27)35-14/h1-2,7,13-16,18-23,26-33H,8-9H2,(H,24,25)/t13-,14-,15-,16-,18-,19+,20-,21-,22-,23-/m1/s1. The number of nitrogens with one attached hydrogen (secondary N) is 1. The number of rotatable bonds is 2. The summed E-state index contributed by atoms with van der Waals surface area (Å²) in [7, 11) is 0. The first-order chi connectivity index (χ1) is 16.8. The molecule has 1 aromatic carbocycles. The van der Waals surface area contributed by atoms with Crippen molar-refractivity contribution in [2.45, 2.75) is 61.0 Å². The molecule has 35 heavy (non-hydrogen) atoms. The second-order valence-corrected chi connectivity index (χ2v) is 8.36. The van der Waals surface area contributed by atoms with Gasteiger partial charge >= 0.3 is 0 Å². The number of H-pyrrole nitrogens is 1. The van der Waals surface area contributed by atoms with E-state index >= 15 is 0 Å². The van der Waals surface area contributed by atoms with Crippen molar-refractivity contribution in [2.24, 2.45) is 0 Å². The fourth-order valence-electron chi connectivity index (χ4n) is 3.99. The molecule has 3 heterocycles. The Balaban J connectivity index is 1.59. The van der Waals surface area contributed by atoms with Gasteiger partial charge in [-0.3, -0.25) is 5.10 Å². The number of ether oxygens (including phenoxy) is 2. The molecule has 2 aliphatic rings. The molecule has 188 valence electrons. The largest absolute Gasteiger partial charge is 0.394 e.